The van der Waals surface area contributed by atoms with E-state index in [9.17, 15) is 0 Å². The lowest BCUT2D eigenvalue weighted by molar-refractivity contribution is 0.0914. The van der Waals surface area contributed by atoms with Crippen molar-refractivity contribution < 1.29 is 0 Å². The molecule has 6 nitrogen and oxygen atoms in total. The first-order valence-electron chi connectivity index (χ1n) is 21.6. The van der Waals surface area contributed by atoms with Gasteiger partial charge in [0, 0.05) is 69.5 Å². The molecule has 6 aliphatic heterocycles. The van der Waals surface area contributed by atoms with Crippen molar-refractivity contribution in [2.45, 2.75) is 101 Å². The normalized spacial score (nSPS) is 29.0. The second-order valence-corrected chi connectivity index (χ2v) is 19.0. The molecule has 0 spiro atoms. The van der Waals surface area contributed by atoms with Crippen molar-refractivity contribution in [3.05, 3.63) is 107 Å². The zero-order valence-corrected chi connectivity index (χ0v) is 33.6. The summed E-state index contributed by atoms with van der Waals surface area (Å²) in [5, 5.41) is 13.3. The van der Waals surface area contributed by atoms with E-state index >= 15 is 0 Å². The predicted octanol–water partition coefficient (Wildman–Crippen LogP) is 10.6. The zero-order chi connectivity index (χ0) is 37.8. The Bertz CT molecular complexity index is 2240. The van der Waals surface area contributed by atoms with Crippen molar-refractivity contribution in [3.8, 4) is 0 Å². The van der Waals surface area contributed by atoms with Gasteiger partial charge in [-0.1, -0.05) is 100 Å². The molecule has 5 aromatic rings. The first kappa shape index (κ1) is 34.7. The molecule has 4 fully saturated rings. The van der Waals surface area contributed by atoms with Crippen LogP contribution in [0.15, 0.2) is 94.9 Å². The first-order chi connectivity index (χ1) is 27.3. The van der Waals surface area contributed by atoms with Crippen molar-refractivity contribution >= 4 is 56.7 Å². The monoisotopic (exact) mass is 740 g/mol. The van der Waals surface area contributed by atoms with Gasteiger partial charge >= 0.3 is 0 Å². The molecule has 0 unspecified atom stereocenters. The number of piperidine rings is 2. The Morgan fingerprint density at radius 1 is 0.518 bits per heavy atom. The van der Waals surface area contributed by atoms with Gasteiger partial charge in [0.05, 0.1) is 11.4 Å². The minimum atomic E-state index is 0.135. The molecule has 11 rings (SSSR count). The Hall–Kier alpha value is -4.52. The highest BCUT2D eigenvalue weighted by molar-refractivity contribution is 6.05. The number of anilines is 2. The fraction of sp³-hybridized carbons (Fsp3) is 0.440. The van der Waals surface area contributed by atoms with Crippen LogP contribution in [0.2, 0.25) is 0 Å². The average molecular weight is 741 g/mol. The van der Waals surface area contributed by atoms with Gasteiger partial charge in [-0.05, 0) is 122 Å². The van der Waals surface area contributed by atoms with Crippen molar-refractivity contribution in [3.63, 3.8) is 0 Å². The summed E-state index contributed by atoms with van der Waals surface area (Å²) in [6.07, 6.45) is 11.8. The number of fused-ring (bicyclic) bond motifs is 12. The van der Waals surface area contributed by atoms with E-state index in [1.807, 2.05) is 12.4 Å². The molecule has 0 saturated carbocycles. The molecule has 6 heterocycles. The molecule has 6 atom stereocenters. The third-order valence-electron chi connectivity index (χ3n) is 15.6. The minimum absolute atomic E-state index is 0.135. The SMILES string of the molecule is CC1(C)c2ccc3c(N=Cc4ccc(C=Nc5cccc6c7c(ccc56)C(C)(C)[C@H]5CCN6CCC[C@H]6[C@H]5N7)cc4)cccc3c2N[C@@H]2[C@@H]3CCCN3CC[C@@H]21. The number of rotatable bonds is 4. The molecule has 286 valence electrons. The van der Waals surface area contributed by atoms with Crippen LogP contribution in [0.5, 0.6) is 0 Å². The Balaban J connectivity index is 0.844. The average Bonchev–Trinajstić information content (AvgIpc) is 3.90. The van der Waals surface area contributed by atoms with E-state index in [0.717, 1.165) is 22.5 Å². The fourth-order valence-corrected chi connectivity index (χ4v) is 12.6. The second kappa shape index (κ2) is 13.0. The molecule has 6 aliphatic rings. The van der Waals surface area contributed by atoms with Crippen LogP contribution >= 0.6 is 0 Å². The largest absolute Gasteiger partial charge is 0.380 e. The maximum Gasteiger partial charge on any atom is 0.0708 e. The number of hydrogen-bond acceptors (Lipinski definition) is 6. The van der Waals surface area contributed by atoms with Gasteiger partial charge < -0.3 is 10.6 Å². The Kier molecular flexibility index (Phi) is 8.06. The van der Waals surface area contributed by atoms with E-state index < -0.39 is 0 Å². The van der Waals surface area contributed by atoms with Crippen molar-refractivity contribution in [1.29, 1.82) is 0 Å². The van der Waals surface area contributed by atoms with Gasteiger partial charge in [0.25, 0.3) is 0 Å². The van der Waals surface area contributed by atoms with Gasteiger partial charge in [-0.3, -0.25) is 19.8 Å². The number of nitrogens with one attached hydrogen (secondary N) is 2. The number of benzene rings is 5. The smallest absolute Gasteiger partial charge is 0.0708 e. The molecule has 4 saturated heterocycles. The van der Waals surface area contributed by atoms with E-state index in [0.29, 0.717) is 36.0 Å². The third-order valence-corrected chi connectivity index (χ3v) is 15.6. The van der Waals surface area contributed by atoms with Crippen LogP contribution in [-0.2, 0) is 10.8 Å². The van der Waals surface area contributed by atoms with Crippen LogP contribution in [-0.4, -0.2) is 72.6 Å². The topological polar surface area (TPSA) is 55.3 Å². The van der Waals surface area contributed by atoms with Gasteiger partial charge in [-0.25, -0.2) is 0 Å². The van der Waals surface area contributed by atoms with Gasteiger partial charge in [0.2, 0.25) is 0 Å². The molecule has 56 heavy (non-hydrogen) atoms. The molecule has 6 heteroatoms. The molecule has 0 aromatic heterocycles. The molecular weight excluding hydrogens is 685 g/mol. The van der Waals surface area contributed by atoms with Crippen LogP contribution in [0, 0.1) is 11.8 Å². The first-order valence-corrected chi connectivity index (χ1v) is 21.6. The Morgan fingerprint density at radius 3 is 1.41 bits per heavy atom. The predicted molar refractivity (Wildman–Crippen MR) is 235 cm³/mol. The molecular formula is C50H56N6. The quantitative estimate of drug-likeness (QED) is 0.180. The molecule has 2 N–H and O–H groups in total. The van der Waals surface area contributed by atoms with E-state index in [4.69, 9.17) is 9.98 Å². The summed E-state index contributed by atoms with van der Waals surface area (Å²) in [6, 6.07) is 33.5. The Labute approximate surface area is 332 Å². The lowest BCUT2D eigenvalue weighted by Crippen LogP contribution is -2.59. The van der Waals surface area contributed by atoms with Crippen LogP contribution in [0.1, 0.15) is 88.5 Å². The summed E-state index contributed by atoms with van der Waals surface area (Å²) >= 11 is 0. The number of nitrogens with zero attached hydrogens (tertiary/aromatic N) is 4. The summed E-state index contributed by atoms with van der Waals surface area (Å²) in [4.78, 5) is 15.6. The molecule has 0 radical (unpaired) electrons. The third kappa shape index (κ3) is 5.35. The van der Waals surface area contributed by atoms with Crippen LogP contribution < -0.4 is 10.6 Å². The van der Waals surface area contributed by atoms with Crippen molar-refractivity contribution in [2.75, 3.05) is 36.8 Å². The van der Waals surface area contributed by atoms with E-state index in [1.165, 1.54) is 109 Å². The minimum Gasteiger partial charge on any atom is -0.380 e. The van der Waals surface area contributed by atoms with Crippen molar-refractivity contribution in [1.82, 2.24) is 9.80 Å². The van der Waals surface area contributed by atoms with Gasteiger partial charge in [-0.2, -0.15) is 0 Å². The molecule has 0 aliphatic carbocycles. The second-order valence-electron chi connectivity index (χ2n) is 19.0. The summed E-state index contributed by atoms with van der Waals surface area (Å²) in [7, 11) is 0. The summed E-state index contributed by atoms with van der Waals surface area (Å²) in [6.45, 7) is 14.9. The lowest BCUT2D eigenvalue weighted by Gasteiger charge is -2.53. The van der Waals surface area contributed by atoms with E-state index in [-0.39, 0.29) is 10.8 Å². The molecule has 5 aromatic carbocycles. The maximum absolute atomic E-state index is 5.07. The summed E-state index contributed by atoms with van der Waals surface area (Å²) < 4.78 is 0. The Morgan fingerprint density at radius 2 is 0.964 bits per heavy atom. The summed E-state index contributed by atoms with van der Waals surface area (Å²) in [5.41, 5.74) is 10.0. The number of aliphatic imine (C=N–C) groups is 2. The maximum atomic E-state index is 5.07. The zero-order valence-electron chi connectivity index (χ0n) is 33.6. The van der Waals surface area contributed by atoms with Crippen LogP contribution in [0.4, 0.5) is 22.7 Å². The standard InChI is InChI=1S/C50H56N6/c1-49(2)37-21-19-33-35(45(37)53-47-39(49)23-27-55-25-7-13-43(47)55)9-5-11-41(33)51-29-31-15-17-32(18-16-31)30-52-42-12-6-10-36-34(42)20-22-38-46(36)54-48-40(50(38,3)4)24-28-56-26-8-14-44(48)56/h5-6,9-12,15-22,29-30,39-40,43-44,47-48,53-54H,7-8,13-14,23-28H2,1-4H3/t39-,40-,43-,44-,47-,48-/m0/s1. The van der Waals surface area contributed by atoms with E-state index in [1.54, 1.807) is 0 Å². The molecule has 0 bridgehead atoms. The lowest BCUT2D eigenvalue weighted by atomic mass is 9.62. The highest BCUT2D eigenvalue weighted by Crippen LogP contribution is 2.53. The number of hydrogen-bond donors (Lipinski definition) is 2. The van der Waals surface area contributed by atoms with Gasteiger partial charge in [0.15, 0.2) is 0 Å². The van der Waals surface area contributed by atoms with Gasteiger partial charge in [0.1, 0.15) is 0 Å². The fourth-order valence-electron chi connectivity index (χ4n) is 12.6. The van der Waals surface area contributed by atoms with Crippen LogP contribution in [0.3, 0.4) is 0 Å². The highest BCUT2D eigenvalue weighted by atomic mass is 15.2. The highest BCUT2D eigenvalue weighted by Gasteiger charge is 2.51. The van der Waals surface area contributed by atoms with Crippen LogP contribution in [0.25, 0.3) is 21.5 Å². The van der Waals surface area contributed by atoms with Crippen molar-refractivity contribution in [2.24, 2.45) is 21.8 Å². The van der Waals surface area contributed by atoms with E-state index in [2.05, 4.69) is 133 Å². The molecule has 0 amide bonds. The van der Waals surface area contributed by atoms with Gasteiger partial charge in [-0.15, -0.1) is 0 Å². The summed E-state index contributed by atoms with van der Waals surface area (Å²) in [5.74, 6) is 1.32.